The van der Waals surface area contributed by atoms with Crippen LogP contribution in [0.4, 0.5) is 0 Å². The summed E-state index contributed by atoms with van der Waals surface area (Å²) in [6.45, 7) is 0. The molecule has 1 aromatic carbocycles. The van der Waals surface area contributed by atoms with Crippen molar-refractivity contribution in [2.75, 3.05) is 7.11 Å². The molecule has 0 bridgehead atoms. The van der Waals surface area contributed by atoms with Gasteiger partial charge >= 0.3 is 0 Å². The Morgan fingerprint density at radius 2 is 2.14 bits per heavy atom. The Kier molecular flexibility index (Phi) is 2.56. The maximum atomic E-state index is 6.05. The highest BCUT2D eigenvalue weighted by Crippen LogP contribution is 2.31. The molecule has 0 aliphatic carbocycles. The largest absolute Gasteiger partial charge is 0.494 e. The van der Waals surface area contributed by atoms with E-state index in [1.165, 1.54) is 0 Å². The van der Waals surface area contributed by atoms with Crippen LogP contribution in [0, 0.1) is 0 Å². The Labute approximate surface area is 94.2 Å². The molecule has 0 atom stereocenters. The van der Waals surface area contributed by atoms with E-state index in [9.17, 15) is 0 Å². The Morgan fingerprint density at radius 3 is 2.86 bits per heavy atom. The lowest BCUT2D eigenvalue weighted by Gasteiger charge is -2.04. The second kappa shape index (κ2) is 3.71. The van der Waals surface area contributed by atoms with Crippen molar-refractivity contribution in [1.82, 2.24) is 10.2 Å². The molecular formula is C9H6BrClN2O. The van der Waals surface area contributed by atoms with Crippen molar-refractivity contribution in [3.05, 3.63) is 27.8 Å². The number of hydrogen-bond donors (Lipinski definition) is 0. The predicted octanol–water partition coefficient (Wildman–Crippen LogP) is 3.05. The molecule has 0 radical (unpaired) electrons. The molecule has 1 heterocycles. The van der Waals surface area contributed by atoms with Crippen LogP contribution in [0.2, 0.25) is 5.02 Å². The molecule has 72 valence electrons. The van der Waals surface area contributed by atoms with E-state index in [0.717, 1.165) is 5.39 Å². The highest BCUT2D eigenvalue weighted by atomic mass is 79.9. The van der Waals surface area contributed by atoms with Gasteiger partial charge in [0.05, 0.1) is 12.1 Å². The zero-order chi connectivity index (χ0) is 10.1. The molecule has 0 amide bonds. The normalized spacial score (nSPS) is 10.5. The molecule has 5 heteroatoms. The second-order valence-electron chi connectivity index (χ2n) is 2.66. The smallest absolute Gasteiger partial charge is 0.148 e. The molecule has 0 aliphatic heterocycles. The van der Waals surface area contributed by atoms with Gasteiger partial charge in [0.2, 0.25) is 0 Å². The molecule has 0 N–H and O–H groups in total. The lowest BCUT2D eigenvalue weighted by molar-refractivity contribution is 0.418. The summed E-state index contributed by atoms with van der Waals surface area (Å²) in [6.07, 6.45) is 0. The standard InChI is InChI=1S/C9H6BrClN2O/c1-14-6-4-2-3-5-7(11)9(10)13-12-8(5)6/h2-4H,1H3. The topological polar surface area (TPSA) is 35.0 Å². The van der Waals surface area contributed by atoms with Crippen LogP contribution in [0.25, 0.3) is 10.9 Å². The number of fused-ring (bicyclic) bond motifs is 1. The van der Waals surface area contributed by atoms with Gasteiger partial charge in [-0.3, -0.25) is 0 Å². The second-order valence-corrected chi connectivity index (χ2v) is 3.79. The van der Waals surface area contributed by atoms with Gasteiger partial charge in [-0.15, -0.1) is 10.2 Å². The van der Waals surface area contributed by atoms with Gasteiger partial charge in [-0.1, -0.05) is 23.7 Å². The molecule has 0 unspecified atom stereocenters. The van der Waals surface area contributed by atoms with Crippen LogP contribution in [0.1, 0.15) is 0 Å². The monoisotopic (exact) mass is 272 g/mol. The van der Waals surface area contributed by atoms with Crippen molar-refractivity contribution in [1.29, 1.82) is 0 Å². The predicted molar refractivity (Wildman–Crippen MR) is 58.8 cm³/mol. The first kappa shape index (κ1) is 9.68. The van der Waals surface area contributed by atoms with Crippen LogP contribution in [0.15, 0.2) is 22.8 Å². The molecule has 1 aromatic heterocycles. The molecule has 0 spiro atoms. The fourth-order valence-corrected chi connectivity index (χ4v) is 1.70. The van der Waals surface area contributed by atoms with Gasteiger partial charge in [0.1, 0.15) is 15.9 Å². The van der Waals surface area contributed by atoms with Crippen molar-refractivity contribution in [3.8, 4) is 5.75 Å². The summed E-state index contributed by atoms with van der Waals surface area (Å²) in [4.78, 5) is 0. The van der Waals surface area contributed by atoms with Gasteiger partial charge in [-0.05, 0) is 22.0 Å². The summed E-state index contributed by atoms with van der Waals surface area (Å²) in [5.74, 6) is 0.671. The number of benzene rings is 1. The minimum atomic E-state index is 0.542. The zero-order valence-corrected chi connectivity index (χ0v) is 9.63. The average molecular weight is 274 g/mol. The maximum Gasteiger partial charge on any atom is 0.148 e. The van der Waals surface area contributed by atoms with Gasteiger partial charge in [-0.2, -0.15) is 0 Å². The molecule has 0 saturated heterocycles. The van der Waals surface area contributed by atoms with E-state index in [2.05, 4.69) is 26.1 Å². The Balaban J connectivity index is 2.86. The fraction of sp³-hybridized carbons (Fsp3) is 0.111. The molecule has 3 nitrogen and oxygen atoms in total. The molecular weight excluding hydrogens is 267 g/mol. The van der Waals surface area contributed by atoms with E-state index in [1.807, 2.05) is 18.2 Å². The Hall–Kier alpha value is -0.870. The van der Waals surface area contributed by atoms with Crippen molar-refractivity contribution in [2.24, 2.45) is 0 Å². The molecule has 14 heavy (non-hydrogen) atoms. The highest BCUT2D eigenvalue weighted by molar-refractivity contribution is 9.10. The number of nitrogens with zero attached hydrogens (tertiary/aromatic N) is 2. The zero-order valence-electron chi connectivity index (χ0n) is 7.29. The number of methoxy groups -OCH3 is 1. The van der Waals surface area contributed by atoms with Crippen molar-refractivity contribution >= 4 is 38.4 Å². The molecule has 2 rings (SSSR count). The lowest BCUT2D eigenvalue weighted by Crippen LogP contribution is -1.91. The number of ether oxygens (including phenoxy) is 1. The number of aromatic nitrogens is 2. The van der Waals surface area contributed by atoms with Crippen LogP contribution in [0.5, 0.6) is 5.75 Å². The van der Waals surface area contributed by atoms with E-state index in [-0.39, 0.29) is 0 Å². The lowest BCUT2D eigenvalue weighted by atomic mass is 10.2. The summed E-state index contributed by atoms with van der Waals surface area (Å²) >= 11 is 9.27. The first-order valence-electron chi connectivity index (χ1n) is 3.88. The van der Waals surface area contributed by atoms with Crippen LogP contribution >= 0.6 is 27.5 Å². The summed E-state index contributed by atoms with van der Waals surface area (Å²) in [6, 6.07) is 5.56. The number of rotatable bonds is 1. The average Bonchev–Trinajstić information content (AvgIpc) is 2.23. The van der Waals surface area contributed by atoms with Crippen molar-refractivity contribution in [3.63, 3.8) is 0 Å². The van der Waals surface area contributed by atoms with E-state index in [0.29, 0.717) is 20.9 Å². The first-order valence-corrected chi connectivity index (χ1v) is 5.05. The van der Waals surface area contributed by atoms with E-state index >= 15 is 0 Å². The van der Waals surface area contributed by atoms with Crippen LogP contribution in [-0.2, 0) is 0 Å². The highest BCUT2D eigenvalue weighted by Gasteiger charge is 2.09. The third kappa shape index (κ3) is 1.44. The van der Waals surface area contributed by atoms with E-state index in [1.54, 1.807) is 7.11 Å². The summed E-state index contributed by atoms with van der Waals surface area (Å²) < 4.78 is 5.69. The Morgan fingerprint density at radius 1 is 1.36 bits per heavy atom. The van der Waals surface area contributed by atoms with Gasteiger partial charge in [0, 0.05) is 5.39 Å². The van der Waals surface area contributed by atoms with Crippen LogP contribution in [-0.4, -0.2) is 17.3 Å². The SMILES string of the molecule is COc1cccc2c(Cl)c(Br)nnc12. The van der Waals surface area contributed by atoms with Gasteiger partial charge in [0.25, 0.3) is 0 Å². The quantitative estimate of drug-likeness (QED) is 0.801. The number of halogens is 2. The summed E-state index contributed by atoms with van der Waals surface area (Å²) in [5.41, 5.74) is 0.670. The van der Waals surface area contributed by atoms with Gasteiger partial charge in [0.15, 0.2) is 0 Å². The van der Waals surface area contributed by atoms with Crippen molar-refractivity contribution < 1.29 is 4.74 Å². The third-order valence-corrected chi connectivity index (χ3v) is 3.04. The Bertz CT molecular complexity index is 489. The summed E-state index contributed by atoms with van der Waals surface area (Å²) in [5, 5.41) is 9.25. The van der Waals surface area contributed by atoms with Crippen molar-refractivity contribution in [2.45, 2.75) is 0 Å². The fourth-order valence-electron chi connectivity index (χ4n) is 1.22. The van der Waals surface area contributed by atoms with Gasteiger partial charge < -0.3 is 4.74 Å². The van der Waals surface area contributed by atoms with E-state index in [4.69, 9.17) is 16.3 Å². The number of hydrogen-bond acceptors (Lipinski definition) is 3. The molecule has 0 saturated carbocycles. The van der Waals surface area contributed by atoms with Crippen LogP contribution < -0.4 is 4.74 Å². The molecule has 0 fully saturated rings. The minimum absolute atomic E-state index is 0.542. The van der Waals surface area contributed by atoms with Crippen LogP contribution in [0.3, 0.4) is 0 Å². The minimum Gasteiger partial charge on any atom is -0.494 e. The molecule has 0 aliphatic rings. The maximum absolute atomic E-state index is 6.05. The molecule has 2 aromatic rings. The van der Waals surface area contributed by atoms with Gasteiger partial charge in [-0.25, -0.2) is 0 Å². The van der Waals surface area contributed by atoms with E-state index < -0.39 is 0 Å². The first-order chi connectivity index (χ1) is 6.74. The third-order valence-electron chi connectivity index (χ3n) is 1.87. The summed E-state index contributed by atoms with van der Waals surface area (Å²) in [7, 11) is 1.59.